The number of esters is 1. The SMILES string of the molecule is COc1nc(N2CCN(CCOCCOCCOCCOC(=O)CCCCC3SCC4NC(=O)NC43)CC2)nc(OC)c1Sc1nc(N)cc(N)n1. The van der Waals surface area contributed by atoms with Gasteiger partial charge in [0, 0.05) is 56.2 Å². The minimum atomic E-state index is -0.208. The molecule has 3 aliphatic rings. The number of thioether (sulfide) groups is 1. The largest absolute Gasteiger partial charge is 0.480 e. The molecule has 2 amide bonds. The Kier molecular flexibility index (Phi) is 15.7. The highest BCUT2D eigenvalue weighted by molar-refractivity contribution is 8.00. The Morgan fingerprint density at radius 1 is 0.885 bits per heavy atom. The molecule has 3 fully saturated rings. The van der Waals surface area contributed by atoms with Crippen LogP contribution < -0.4 is 36.5 Å². The van der Waals surface area contributed by atoms with Crippen LogP contribution in [0.2, 0.25) is 0 Å². The summed E-state index contributed by atoms with van der Waals surface area (Å²) in [6.07, 6.45) is 3.08. The minimum absolute atomic E-state index is 0.0720. The van der Waals surface area contributed by atoms with Crippen LogP contribution >= 0.6 is 23.5 Å². The average molecular weight is 767 g/mol. The van der Waals surface area contributed by atoms with E-state index in [9.17, 15) is 9.59 Å². The number of aromatic nitrogens is 4. The molecule has 0 spiro atoms. The Morgan fingerprint density at radius 3 is 2.17 bits per heavy atom. The van der Waals surface area contributed by atoms with Crippen LogP contribution in [0.25, 0.3) is 0 Å². The first kappa shape index (κ1) is 39.6. The van der Waals surface area contributed by atoms with Gasteiger partial charge in [-0.25, -0.2) is 14.8 Å². The lowest BCUT2D eigenvalue weighted by Gasteiger charge is -2.34. The molecule has 5 rings (SSSR count). The standard InChI is InChI=1S/C32H50N10O8S2/c1-45-28-27(52-32-36-23(33)19-24(34)37-32)29(46-2)40-30(39-28)42-9-7-41(8-10-42)11-12-47-13-14-48-15-16-49-17-18-50-25(43)6-4-3-5-22-26-21(20-51-22)35-31(44)38-26/h19,21-22,26H,3-18,20H2,1-2H3,(H2,35,38,44)(H4,33,34,36,37). The molecule has 6 N–H and O–H groups in total. The van der Waals surface area contributed by atoms with Gasteiger partial charge in [0.2, 0.25) is 17.7 Å². The summed E-state index contributed by atoms with van der Waals surface area (Å²) in [6.45, 7) is 6.92. The number of amides is 2. The normalized spacial score (nSPS) is 20.0. The van der Waals surface area contributed by atoms with E-state index in [-0.39, 0.29) is 42.3 Å². The van der Waals surface area contributed by atoms with Gasteiger partial charge in [0.15, 0.2) is 5.16 Å². The van der Waals surface area contributed by atoms with Crippen molar-refractivity contribution in [2.75, 3.05) is 115 Å². The smallest absolute Gasteiger partial charge is 0.315 e. The minimum Gasteiger partial charge on any atom is -0.480 e. The van der Waals surface area contributed by atoms with Gasteiger partial charge in [-0.3, -0.25) is 9.69 Å². The number of piperazine rings is 1. The van der Waals surface area contributed by atoms with Crippen LogP contribution in [0.4, 0.5) is 22.4 Å². The Hall–Kier alpha value is -3.56. The number of fused-ring (bicyclic) bond motifs is 1. The van der Waals surface area contributed by atoms with Crippen molar-refractivity contribution < 1.29 is 38.0 Å². The number of nitrogens with zero attached hydrogens (tertiary/aromatic N) is 6. The molecule has 3 atom stereocenters. The van der Waals surface area contributed by atoms with Gasteiger partial charge in [-0.05, 0) is 24.6 Å². The number of unbranched alkanes of at least 4 members (excludes halogenated alkanes) is 1. The number of nitrogens with one attached hydrogen (secondary N) is 2. The Labute approximate surface area is 312 Å². The number of carbonyl (C=O) groups is 2. The zero-order valence-corrected chi connectivity index (χ0v) is 31.4. The molecule has 3 unspecified atom stereocenters. The molecule has 3 aliphatic heterocycles. The van der Waals surface area contributed by atoms with E-state index in [4.69, 9.17) is 39.9 Å². The fourth-order valence-electron chi connectivity index (χ4n) is 5.96. The van der Waals surface area contributed by atoms with E-state index in [0.717, 1.165) is 57.7 Å². The summed E-state index contributed by atoms with van der Waals surface area (Å²) in [5, 5.41) is 6.69. The lowest BCUT2D eigenvalue weighted by molar-refractivity contribution is -0.145. The fourth-order valence-corrected chi connectivity index (χ4v) is 8.42. The zero-order valence-electron chi connectivity index (χ0n) is 29.8. The Balaban J connectivity index is 0.850. The van der Waals surface area contributed by atoms with Gasteiger partial charge in [0.25, 0.3) is 0 Å². The number of hydrogen-bond donors (Lipinski definition) is 4. The number of ether oxygens (including phenoxy) is 6. The van der Waals surface area contributed by atoms with Gasteiger partial charge in [0.05, 0.1) is 65.9 Å². The number of nitrogens with two attached hydrogens (primary N) is 2. The average Bonchev–Trinajstić information content (AvgIpc) is 3.69. The lowest BCUT2D eigenvalue weighted by Crippen LogP contribution is -2.48. The number of carbonyl (C=O) groups excluding carboxylic acids is 2. The van der Waals surface area contributed by atoms with E-state index >= 15 is 0 Å². The first-order valence-electron chi connectivity index (χ1n) is 17.5. The maximum absolute atomic E-state index is 12.0. The molecular formula is C32H50N10O8S2. The molecule has 0 radical (unpaired) electrons. The summed E-state index contributed by atoms with van der Waals surface area (Å²) in [5.74, 6) is 2.46. The van der Waals surface area contributed by atoms with Gasteiger partial charge in [-0.15, -0.1) is 0 Å². The molecule has 52 heavy (non-hydrogen) atoms. The predicted molar refractivity (Wildman–Crippen MR) is 196 cm³/mol. The van der Waals surface area contributed by atoms with E-state index in [2.05, 4.69) is 40.4 Å². The van der Waals surface area contributed by atoms with Crippen LogP contribution in [0, 0.1) is 0 Å². The van der Waals surface area contributed by atoms with E-state index in [1.54, 1.807) is 0 Å². The molecule has 20 heteroatoms. The van der Waals surface area contributed by atoms with Gasteiger partial charge in [0.1, 0.15) is 23.1 Å². The first-order valence-corrected chi connectivity index (χ1v) is 19.3. The van der Waals surface area contributed by atoms with Crippen molar-refractivity contribution in [2.45, 2.75) is 53.1 Å². The third kappa shape index (κ3) is 12.0. The number of rotatable bonds is 22. The van der Waals surface area contributed by atoms with Gasteiger partial charge in [-0.1, -0.05) is 6.42 Å². The molecule has 5 heterocycles. The highest BCUT2D eigenvalue weighted by Gasteiger charge is 2.42. The van der Waals surface area contributed by atoms with Crippen LogP contribution in [0.3, 0.4) is 0 Å². The van der Waals surface area contributed by atoms with Crippen molar-refractivity contribution >= 4 is 53.1 Å². The summed E-state index contributed by atoms with van der Waals surface area (Å²) in [4.78, 5) is 46.1. The second kappa shape index (κ2) is 20.6. The van der Waals surface area contributed by atoms with E-state index < -0.39 is 0 Å². The van der Waals surface area contributed by atoms with Crippen LogP contribution in [-0.4, -0.2) is 153 Å². The monoisotopic (exact) mass is 766 g/mol. The molecule has 0 saturated carbocycles. The fraction of sp³-hybridized carbons (Fsp3) is 0.688. The number of hydrogen-bond acceptors (Lipinski definition) is 18. The van der Waals surface area contributed by atoms with Crippen molar-refractivity contribution in [3.63, 3.8) is 0 Å². The van der Waals surface area contributed by atoms with Crippen molar-refractivity contribution in [3.8, 4) is 11.8 Å². The van der Waals surface area contributed by atoms with E-state index in [0.29, 0.717) is 79.1 Å². The van der Waals surface area contributed by atoms with Crippen LogP contribution in [0.15, 0.2) is 16.1 Å². The maximum atomic E-state index is 12.0. The highest BCUT2D eigenvalue weighted by atomic mass is 32.2. The Bertz CT molecular complexity index is 1410. The number of nitrogen functional groups attached to an aromatic ring is 2. The first-order chi connectivity index (χ1) is 25.3. The molecule has 0 aliphatic carbocycles. The number of urea groups is 1. The predicted octanol–water partition coefficient (Wildman–Crippen LogP) is 1.04. The quantitative estimate of drug-likeness (QED) is 0.0569. The van der Waals surface area contributed by atoms with Crippen molar-refractivity contribution in [3.05, 3.63) is 6.07 Å². The van der Waals surface area contributed by atoms with Crippen molar-refractivity contribution in [1.82, 2.24) is 35.5 Å². The van der Waals surface area contributed by atoms with Gasteiger partial charge in [-0.2, -0.15) is 21.7 Å². The van der Waals surface area contributed by atoms with Crippen molar-refractivity contribution in [1.29, 1.82) is 0 Å². The lowest BCUT2D eigenvalue weighted by atomic mass is 10.0. The topological polar surface area (TPSA) is 224 Å². The number of methoxy groups -OCH3 is 2. The molecule has 2 aromatic rings. The summed E-state index contributed by atoms with van der Waals surface area (Å²) in [7, 11) is 3.08. The van der Waals surface area contributed by atoms with Crippen molar-refractivity contribution in [2.24, 2.45) is 0 Å². The summed E-state index contributed by atoms with van der Waals surface area (Å²) >= 11 is 3.05. The third-order valence-corrected chi connectivity index (χ3v) is 11.0. The summed E-state index contributed by atoms with van der Waals surface area (Å²) < 4.78 is 33.3. The second-order valence-electron chi connectivity index (χ2n) is 12.2. The zero-order chi connectivity index (χ0) is 36.7. The summed E-state index contributed by atoms with van der Waals surface area (Å²) in [6, 6.07) is 1.84. The van der Waals surface area contributed by atoms with Crippen LogP contribution in [0.1, 0.15) is 25.7 Å². The van der Waals surface area contributed by atoms with E-state index in [1.165, 1.54) is 32.0 Å². The van der Waals surface area contributed by atoms with Gasteiger partial charge >= 0.3 is 12.0 Å². The number of anilines is 3. The maximum Gasteiger partial charge on any atom is 0.315 e. The Morgan fingerprint density at radius 2 is 1.52 bits per heavy atom. The molecular weight excluding hydrogens is 717 g/mol. The molecule has 0 bridgehead atoms. The van der Waals surface area contributed by atoms with Crippen LogP contribution in [-0.2, 0) is 23.7 Å². The highest BCUT2D eigenvalue weighted by Crippen LogP contribution is 2.40. The molecule has 288 valence electrons. The van der Waals surface area contributed by atoms with Gasteiger partial charge < -0.3 is 55.4 Å². The molecule has 0 aromatic carbocycles. The van der Waals surface area contributed by atoms with E-state index in [1.807, 2.05) is 11.8 Å². The summed E-state index contributed by atoms with van der Waals surface area (Å²) in [5.41, 5.74) is 11.6. The second-order valence-corrected chi connectivity index (χ2v) is 14.5. The third-order valence-electron chi connectivity index (χ3n) is 8.62. The molecule has 3 saturated heterocycles. The molecule has 18 nitrogen and oxygen atoms in total. The van der Waals surface area contributed by atoms with Crippen LogP contribution in [0.5, 0.6) is 11.8 Å². The molecule has 2 aromatic heterocycles.